The van der Waals surface area contributed by atoms with E-state index in [1.807, 2.05) is 0 Å². The number of nitrogens with two attached hydrogens (primary N) is 1. The average Bonchev–Trinajstić information content (AvgIpc) is 3.64. The lowest BCUT2D eigenvalue weighted by atomic mass is 9.82. The number of para-hydroxylation sites is 1. The van der Waals surface area contributed by atoms with Gasteiger partial charge >= 0.3 is 0 Å². The number of benzene rings is 1. The Labute approximate surface area is 241 Å². The van der Waals surface area contributed by atoms with Gasteiger partial charge in [0.2, 0.25) is 17.6 Å². The van der Waals surface area contributed by atoms with Crippen molar-refractivity contribution >= 4 is 46.1 Å². The smallest absolute Gasteiger partial charge is 0.287 e. The van der Waals surface area contributed by atoms with Crippen molar-refractivity contribution < 1.29 is 28.4 Å². The van der Waals surface area contributed by atoms with E-state index < -0.39 is 41.5 Å². The Balaban J connectivity index is 1.27. The third-order valence-corrected chi connectivity index (χ3v) is 8.42. The highest BCUT2D eigenvalue weighted by Gasteiger charge is 2.49. The number of hydrogen-bond donors (Lipinski definition) is 4. The largest absolute Gasteiger partial charge is 0.451 e. The van der Waals surface area contributed by atoms with Crippen molar-refractivity contribution in [1.82, 2.24) is 15.2 Å². The predicted octanol–water partition coefficient (Wildman–Crippen LogP) is 1.86. The van der Waals surface area contributed by atoms with Gasteiger partial charge in [-0.05, 0) is 67.7 Å². The number of nitrogens with one attached hydrogen (secondary N) is 3. The van der Waals surface area contributed by atoms with Crippen LogP contribution in [0.2, 0.25) is 0 Å². The topological polar surface area (TPSA) is 183 Å². The maximum atomic E-state index is 13.2. The minimum absolute atomic E-state index is 0.0624. The lowest BCUT2D eigenvalue weighted by molar-refractivity contribution is -0.136. The molecule has 5 N–H and O–H groups in total. The fourth-order valence-electron chi connectivity index (χ4n) is 6.13. The maximum Gasteiger partial charge on any atom is 0.287 e. The highest BCUT2D eigenvalue weighted by atomic mass is 16.3. The molecule has 0 radical (unpaired) electrons. The number of pyridine rings is 1. The van der Waals surface area contributed by atoms with Crippen LogP contribution < -0.4 is 27.2 Å². The first-order chi connectivity index (χ1) is 20.0. The van der Waals surface area contributed by atoms with Gasteiger partial charge in [-0.2, -0.15) is 0 Å². The van der Waals surface area contributed by atoms with Crippen LogP contribution in [0.3, 0.4) is 0 Å². The zero-order valence-electron chi connectivity index (χ0n) is 23.2. The maximum absolute atomic E-state index is 13.2. The van der Waals surface area contributed by atoms with Gasteiger partial charge < -0.3 is 30.7 Å². The summed E-state index contributed by atoms with van der Waals surface area (Å²) in [6, 6.07) is 10.1. The molecule has 2 fully saturated rings. The molecule has 12 heteroatoms. The number of amides is 4. The molecule has 2 heterocycles. The number of anilines is 1. The molecule has 2 aromatic heterocycles. The number of hydrogen-bond acceptors (Lipinski definition) is 7. The van der Waals surface area contributed by atoms with Crippen LogP contribution in [0.25, 0.3) is 11.0 Å². The molecule has 1 aromatic carbocycles. The second kappa shape index (κ2) is 11.6. The summed E-state index contributed by atoms with van der Waals surface area (Å²) in [6.45, 7) is 1.97. The van der Waals surface area contributed by atoms with Crippen LogP contribution >= 0.6 is 0 Å². The quantitative estimate of drug-likeness (QED) is 0.252. The monoisotopic (exact) mass is 575 g/mol. The number of rotatable bonds is 11. The Morgan fingerprint density at radius 2 is 1.93 bits per heavy atom. The first kappa shape index (κ1) is 28.8. The van der Waals surface area contributed by atoms with Crippen molar-refractivity contribution in [3.8, 4) is 0 Å². The predicted molar refractivity (Wildman–Crippen MR) is 152 cm³/mol. The number of nitrogens with zero attached hydrogens (tertiary/aromatic N) is 1. The van der Waals surface area contributed by atoms with Gasteiger partial charge in [0.15, 0.2) is 5.76 Å². The molecular formula is C30H33N5O7. The average molecular weight is 576 g/mol. The van der Waals surface area contributed by atoms with E-state index in [9.17, 15) is 28.8 Å². The number of carbonyl (C=O) groups is 5. The molecule has 0 aliphatic heterocycles. The summed E-state index contributed by atoms with van der Waals surface area (Å²) in [6.07, 6.45) is 5.07. The van der Waals surface area contributed by atoms with E-state index >= 15 is 0 Å². The molecule has 42 heavy (non-hydrogen) atoms. The van der Waals surface area contributed by atoms with Crippen molar-refractivity contribution in [2.45, 2.75) is 64.1 Å². The molecule has 0 saturated heterocycles. The minimum Gasteiger partial charge on any atom is -0.451 e. The van der Waals surface area contributed by atoms with Crippen LogP contribution in [0.4, 0.5) is 5.69 Å². The molecule has 4 amide bonds. The first-order valence-electron chi connectivity index (χ1n) is 13.9. The summed E-state index contributed by atoms with van der Waals surface area (Å²) >= 11 is 0. The van der Waals surface area contributed by atoms with Gasteiger partial charge in [0, 0.05) is 24.0 Å². The Morgan fingerprint density at radius 3 is 2.62 bits per heavy atom. The van der Waals surface area contributed by atoms with Gasteiger partial charge in [-0.1, -0.05) is 25.1 Å². The van der Waals surface area contributed by atoms with Crippen LogP contribution in [0.15, 0.2) is 57.9 Å². The van der Waals surface area contributed by atoms with E-state index in [1.165, 1.54) is 35.4 Å². The van der Waals surface area contributed by atoms with E-state index in [-0.39, 0.29) is 41.8 Å². The van der Waals surface area contributed by atoms with E-state index in [0.717, 1.165) is 19.3 Å². The van der Waals surface area contributed by atoms with Crippen LogP contribution in [0, 0.1) is 11.3 Å². The fraction of sp³-hybridized carbons (Fsp3) is 0.400. The van der Waals surface area contributed by atoms with Crippen molar-refractivity contribution in [2.24, 2.45) is 17.1 Å². The molecule has 220 valence electrons. The number of primary amides is 1. The van der Waals surface area contributed by atoms with E-state index in [2.05, 4.69) is 22.9 Å². The normalized spacial score (nSPS) is 21.5. The van der Waals surface area contributed by atoms with Crippen molar-refractivity contribution in [1.29, 1.82) is 0 Å². The lowest BCUT2D eigenvalue weighted by Gasteiger charge is -2.32. The summed E-state index contributed by atoms with van der Waals surface area (Å²) in [5.41, 5.74) is 4.86. The zero-order chi connectivity index (χ0) is 30.0. The lowest BCUT2D eigenvalue weighted by Crippen LogP contribution is -2.46. The van der Waals surface area contributed by atoms with E-state index in [1.54, 1.807) is 24.3 Å². The van der Waals surface area contributed by atoms with Crippen molar-refractivity contribution in [3.63, 3.8) is 0 Å². The molecule has 5 rings (SSSR count). The summed E-state index contributed by atoms with van der Waals surface area (Å²) in [4.78, 5) is 75.3. The number of fused-ring (bicyclic) bond motifs is 3. The summed E-state index contributed by atoms with van der Waals surface area (Å²) < 4.78 is 6.75. The van der Waals surface area contributed by atoms with E-state index in [4.69, 9.17) is 10.2 Å². The van der Waals surface area contributed by atoms with Gasteiger partial charge in [-0.3, -0.25) is 28.8 Å². The second-order valence-electron chi connectivity index (χ2n) is 11.5. The highest BCUT2D eigenvalue weighted by Crippen LogP contribution is 2.53. The molecule has 2 saturated carbocycles. The molecule has 2 aliphatic carbocycles. The Morgan fingerprint density at radius 1 is 1.14 bits per heavy atom. The zero-order valence-corrected chi connectivity index (χ0v) is 23.2. The highest BCUT2D eigenvalue weighted by molar-refractivity contribution is 6.35. The SMILES string of the molecule is C[C@]12CCC(CC1NC(=O)Cn1cccc(NC(=O)[C@H](CCC(=O)C(N)=O)NC(=O)c3cc4ccccc4o3)c1=O)C2. The summed E-state index contributed by atoms with van der Waals surface area (Å²) in [7, 11) is 0. The van der Waals surface area contributed by atoms with Crippen LogP contribution in [-0.2, 0) is 25.7 Å². The Kier molecular flexibility index (Phi) is 7.97. The number of furan rings is 1. The van der Waals surface area contributed by atoms with Gasteiger partial charge in [-0.15, -0.1) is 0 Å². The van der Waals surface area contributed by atoms with Gasteiger partial charge in [0.1, 0.15) is 23.9 Å². The number of ketones is 1. The van der Waals surface area contributed by atoms with Crippen LogP contribution in [0.1, 0.15) is 56.0 Å². The third kappa shape index (κ3) is 6.12. The van der Waals surface area contributed by atoms with Crippen LogP contribution in [0.5, 0.6) is 0 Å². The fourth-order valence-corrected chi connectivity index (χ4v) is 6.13. The second-order valence-corrected chi connectivity index (χ2v) is 11.5. The number of aromatic nitrogens is 1. The standard InChI is InChI=1S/C30H33N5O7/c1-30-11-10-17(15-30)13-24(30)34-25(37)16-35-12-4-6-20(29(35)41)33-27(39)19(8-9-21(36)26(31)38)32-28(40)23-14-18-5-2-3-7-22(18)42-23/h2-7,12,14,17,19,24H,8-11,13,15-16H2,1H3,(H2,31,38)(H,32,40)(H,33,39)(H,34,37)/t17?,19-,24?,30+/m0/s1. The van der Waals surface area contributed by atoms with Gasteiger partial charge in [0.25, 0.3) is 17.4 Å². The first-order valence-corrected chi connectivity index (χ1v) is 13.9. The molecule has 4 atom stereocenters. The van der Waals surface area contributed by atoms with Crippen molar-refractivity contribution in [2.75, 3.05) is 5.32 Å². The third-order valence-electron chi connectivity index (χ3n) is 8.42. The van der Waals surface area contributed by atoms with Crippen LogP contribution in [-0.4, -0.2) is 46.1 Å². The summed E-state index contributed by atoms with van der Waals surface area (Å²) in [5.74, 6) is -3.34. The number of Topliss-reactive ketones (excluding diaryl/α,β-unsaturated/α-hetero) is 1. The minimum atomic E-state index is -1.32. The molecule has 2 unspecified atom stereocenters. The molecular weight excluding hydrogens is 542 g/mol. The molecule has 2 aliphatic rings. The number of carbonyl (C=O) groups excluding carboxylic acids is 5. The van der Waals surface area contributed by atoms with Gasteiger partial charge in [0.05, 0.1) is 0 Å². The molecule has 2 bridgehead atoms. The molecule has 3 aromatic rings. The molecule has 0 spiro atoms. The Hall–Kier alpha value is -4.74. The van der Waals surface area contributed by atoms with Crippen molar-refractivity contribution in [3.05, 3.63) is 64.8 Å². The molecule has 12 nitrogen and oxygen atoms in total. The van der Waals surface area contributed by atoms with E-state index in [0.29, 0.717) is 16.9 Å². The summed E-state index contributed by atoms with van der Waals surface area (Å²) in [5, 5.41) is 8.75. The van der Waals surface area contributed by atoms with Gasteiger partial charge in [-0.25, -0.2) is 0 Å². The Bertz CT molecular complexity index is 1590.